The van der Waals surface area contributed by atoms with Crippen LogP contribution in [0.25, 0.3) is 0 Å². The van der Waals surface area contributed by atoms with E-state index in [0.29, 0.717) is 19.1 Å². The first-order valence-corrected chi connectivity index (χ1v) is 5.92. The van der Waals surface area contributed by atoms with E-state index in [0.717, 1.165) is 12.5 Å². The standard InChI is InChI=1S/C13H12F3NO3/c14-13(15,16)9-7-8(4-5-10(9)18)17-12(19)11-3-1-2-6-20-11/h3-5,7,18H,1-2,6H2,(H,17,19). The van der Waals surface area contributed by atoms with Crippen LogP contribution in [0, 0.1) is 0 Å². The highest BCUT2D eigenvalue weighted by Crippen LogP contribution is 2.37. The molecule has 0 saturated carbocycles. The zero-order chi connectivity index (χ0) is 14.8. The van der Waals surface area contributed by atoms with E-state index in [-0.39, 0.29) is 11.4 Å². The Bertz CT molecular complexity index is 552. The molecule has 108 valence electrons. The molecule has 0 spiro atoms. The molecule has 0 atom stereocenters. The summed E-state index contributed by atoms with van der Waals surface area (Å²) in [7, 11) is 0. The number of hydrogen-bond acceptors (Lipinski definition) is 3. The topological polar surface area (TPSA) is 58.6 Å². The smallest absolute Gasteiger partial charge is 0.420 e. The molecule has 7 heteroatoms. The van der Waals surface area contributed by atoms with Crippen LogP contribution in [0.1, 0.15) is 18.4 Å². The summed E-state index contributed by atoms with van der Waals surface area (Å²) < 4.78 is 42.9. The summed E-state index contributed by atoms with van der Waals surface area (Å²) >= 11 is 0. The van der Waals surface area contributed by atoms with Crippen LogP contribution in [-0.2, 0) is 15.7 Å². The Hall–Kier alpha value is -2.18. The van der Waals surface area contributed by atoms with E-state index >= 15 is 0 Å². The second-order valence-electron chi connectivity index (χ2n) is 4.24. The lowest BCUT2D eigenvalue weighted by Gasteiger charge is -2.15. The number of phenols is 1. The van der Waals surface area contributed by atoms with Gasteiger partial charge in [-0.15, -0.1) is 0 Å². The highest BCUT2D eigenvalue weighted by atomic mass is 19.4. The Kier molecular flexibility index (Phi) is 3.87. The van der Waals surface area contributed by atoms with Crippen LogP contribution < -0.4 is 5.32 Å². The lowest BCUT2D eigenvalue weighted by Crippen LogP contribution is -2.19. The fourth-order valence-electron chi connectivity index (χ4n) is 1.75. The number of anilines is 1. The maximum atomic E-state index is 12.6. The van der Waals surface area contributed by atoms with Gasteiger partial charge in [-0.05, 0) is 37.1 Å². The Morgan fingerprint density at radius 1 is 1.35 bits per heavy atom. The van der Waals surface area contributed by atoms with Gasteiger partial charge in [-0.3, -0.25) is 4.79 Å². The number of hydrogen-bond donors (Lipinski definition) is 2. The number of rotatable bonds is 2. The maximum absolute atomic E-state index is 12.6. The third-order valence-electron chi connectivity index (χ3n) is 2.72. The third-order valence-corrected chi connectivity index (χ3v) is 2.72. The summed E-state index contributed by atoms with van der Waals surface area (Å²) in [5.74, 6) is -1.40. The van der Waals surface area contributed by atoms with Crippen molar-refractivity contribution < 1.29 is 27.8 Å². The van der Waals surface area contributed by atoms with Gasteiger partial charge in [-0.2, -0.15) is 13.2 Å². The summed E-state index contributed by atoms with van der Waals surface area (Å²) in [6, 6.07) is 2.75. The minimum Gasteiger partial charge on any atom is -0.507 e. The Labute approximate surface area is 112 Å². The van der Waals surface area contributed by atoms with Crippen LogP contribution in [0.15, 0.2) is 30.0 Å². The first-order valence-electron chi connectivity index (χ1n) is 5.92. The highest BCUT2D eigenvalue weighted by Gasteiger charge is 2.34. The SMILES string of the molecule is O=C(Nc1ccc(O)c(C(F)(F)F)c1)C1=CCCCO1. The van der Waals surface area contributed by atoms with Crippen molar-refractivity contribution in [3.05, 3.63) is 35.6 Å². The largest absolute Gasteiger partial charge is 0.507 e. The normalized spacial score (nSPS) is 15.2. The summed E-state index contributed by atoms with van der Waals surface area (Å²) in [4.78, 5) is 11.8. The van der Waals surface area contributed by atoms with Gasteiger partial charge in [-0.1, -0.05) is 0 Å². The van der Waals surface area contributed by atoms with Crippen molar-refractivity contribution in [2.75, 3.05) is 11.9 Å². The molecule has 0 saturated heterocycles. The van der Waals surface area contributed by atoms with E-state index in [1.807, 2.05) is 0 Å². The summed E-state index contributed by atoms with van der Waals surface area (Å²) in [6.45, 7) is 0.405. The summed E-state index contributed by atoms with van der Waals surface area (Å²) in [5.41, 5.74) is -1.26. The zero-order valence-corrected chi connectivity index (χ0v) is 10.3. The minimum absolute atomic E-state index is 0.0600. The van der Waals surface area contributed by atoms with Crippen LogP contribution in [0.3, 0.4) is 0 Å². The van der Waals surface area contributed by atoms with E-state index in [1.54, 1.807) is 6.08 Å². The quantitative estimate of drug-likeness (QED) is 0.822. The first kappa shape index (κ1) is 14.2. The van der Waals surface area contributed by atoms with E-state index in [9.17, 15) is 23.1 Å². The van der Waals surface area contributed by atoms with Gasteiger partial charge in [0.1, 0.15) is 5.75 Å². The number of phenolic OH excluding ortho intramolecular Hbond substituents is 1. The highest BCUT2D eigenvalue weighted by molar-refractivity contribution is 6.02. The second kappa shape index (κ2) is 5.44. The van der Waals surface area contributed by atoms with E-state index in [4.69, 9.17) is 4.74 Å². The van der Waals surface area contributed by atoms with Crippen molar-refractivity contribution in [3.8, 4) is 5.75 Å². The molecule has 20 heavy (non-hydrogen) atoms. The van der Waals surface area contributed by atoms with Crippen LogP contribution in [-0.4, -0.2) is 17.6 Å². The number of amides is 1. The summed E-state index contributed by atoms with van der Waals surface area (Å²) in [6.07, 6.45) is -1.62. The van der Waals surface area contributed by atoms with Gasteiger partial charge in [0, 0.05) is 5.69 Å². The first-order chi connectivity index (χ1) is 9.38. The monoisotopic (exact) mass is 287 g/mol. The molecule has 1 aliphatic rings. The van der Waals surface area contributed by atoms with Gasteiger partial charge in [0.25, 0.3) is 5.91 Å². The number of nitrogens with one attached hydrogen (secondary N) is 1. The molecule has 0 aromatic heterocycles. The summed E-state index contributed by atoms with van der Waals surface area (Å²) in [5, 5.41) is 11.5. The van der Waals surface area contributed by atoms with Gasteiger partial charge in [0.05, 0.1) is 12.2 Å². The molecule has 1 amide bonds. The number of benzene rings is 1. The molecule has 0 fully saturated rings. The molecule has 1 aliphatic heterocycles. The Balaban J connectivity index is 2.18. The molecule has 1 heterocycles. The van der Waals surface area contributed by atoms with Crippen molar-refractivity contribution >= 4 is 11.6 Å². The average molecular weight is 287 g/mol. The zero-order valence-electron chi connectivity index (χ0n) is 10.3. The van der Waals surface area contributed by atoms with E-state index in [2.05, 4.69) is 5.32 Å². The van der Waals surface area contributed by atoms with Crippen LogP contribution in [0.5, 0.6) is 5.75 Å². The van der Waals surface area contributed by atoms with Gasteiger partial charge in [0.2, 0.25) is 0 Å². The molecule has 2 rings (SSSR count). The van der Waals surface area contributed by atoms with Crippen LogP contribution >= 0.6 is 0 Å². The molecule has 1 aromatic carbocycles. The molecule has 0 aliphatic carbocycles. The number of carbonyl (C=O) groups excluding carboxylic acids is 1. The van der Waals surface area contributed by atoms with Gasteiger partial charge in [-0.25, -0.2) is 0 Å². The fourth-order valence-corrected chi connectivity index (χ4v) is 1.75. The number of alkyl halides is 3. The van der Waals surface area contributed by atoms with Crippen molar-refractivity contribution in [3.63, 3.8) is 0 Å². The second-order valence-corrected chi connectivity index (χ2v) is 4.24. The Morgan fingerprint density at radius 3 is 2.70 bits per heavy atom. The number of allylic oxidation sites excluding steroid dienone is 1. The van der Waals surface area contributed by atoms with Crippen molar-refractivity contribution in [1.29, 1.82) is 0 Å². The van der Waals surface area contributed by atoms with Gasteiger partial charge >= 0.3 is 6.18 Å². The molecule has 4 nitrogen and oxygen atoms in total. The van der Waals surface area contributed by atoms with Crippen LogP contribution in [0.2, 0.25) is 0 Å². The predicted molar refractivity (Wildman–Crippen MR) is 65.0 cm³/mol. The van der Waals surface area contributed by atoms with Gasteiger partial charge < -0.3 is 15.2 Å². The molecule has 2 N–H and O–H groups in total. The van der Waals surface area contributed by atoms with E-state index < -0.39 is 23.4 Å². The van der Waals surface area contributed by atoms with Crippen molar-refractivity contribution in [1.82, 2.24) is 0 Å². The van der Waals surface area contributed by atoms with Gasteiger partial charge in [0.15, 0.2) is 5.76 Å². The predicted octanol–water partition coefficient (Wildman–Crippen LogP) is 3.04. The lowest BCUT2D eigenvalue weighted by molar-refractivity contribution is -0.138. The Morgan fingerprint density at radius 2 is 2.10 bits per heavy atom. The molecule has 1 aromatic rings. The van der Waals surface area contributed by atoms with E-state index in [1.165, 1.54) is 6.07 Å². The minimum atomic E-state index is -4.69. The van der Waals surface area contributed by atoms with Crippen molar-refractivity contribution in [2.24, 2.45) is 0 Å². The number of ether oxygens (including phenoxy) is 1. The van der Waals surface area contributed by atoms with Crippen molar-refractivity contribution in [2.45, 2.75) is 19.0 Å². The molecule has 0 unspecified atom stereocenters. The fraction of sp³-hybridized carbons (Fsp3) is 0.308. The average Bonchev–Trinajstić information content (AvgIpc) is 2.40. The number of carbonyl (C=O) groups is 1. The third kappa shape index (κ3) is 3.23. The maximum Gasteiger partial charge on any atom is 0.420 e. The molecule has 0 radical (unpaired) electrons. The number of halogens is 3. The molecule has 0 bridgehead atoms. The number of aromatic hydroxyl groups is 1. The molecular weight excluding hydrogens is 275 g/mol. The van der Waals surface area contributed by atoms with Crippen LogP contribution in [0.4, 0.5) is 18.9 Å². The molecular formula is C13H12F3NO3. The lowest BCUT2D eigenvalue weighted by atomic mass is 10.1.